The zero-order chi connectivity index (χ0) is 16.3. The fourth-order valence-corrected chi connectivity index (χ4v) is 5.97. The van der Waals surface area contributed by atoms with Gasteiger partial charge in [-0.05, 0) is 56.1 Å². The highest BCUT2D eigenvalue weighted by Crippen LogP contribution is 2.58. The second kappa shape index (κ2) is 5.16. The molecule has 0 amide bonds. The molecule has 5 rings (SSSR count). The van der Waals surface area contributed by atoms with Crippen molar-refractivity contribution in [1.82, 2.24) is 4.90 Å². The molecule has 0 bridgehead atoms. The van der Waals surface area contributed by atoms with Gasteiger partial charge in [0.25, 0.3) is 0 Å². The van der Waals surface area contributed by atoms with Gasteiger partial charge in [-0.2, -0.15) is 0 Å². The summed E-state index contributed by atoms with van der Waals surface area (Å²) in [5.74, 6) is 0.296. The molecule has 1 atom stereocenters. The molecule has 1 aliphatic carbocycles. The van der Waals surface area contributed by atoms with E-state index in [0.717, 1.165) is 31.5 Å². The lowest BCUT2D eigenvalue weighted by atomic mass is 9.77. The van der Waals surface area contributed by atoms with Gasteiger partial charge in [0.1, 0.15) is 5.60 Å². The minimum absolute atomic E-state index is 0.296. The van der Waals surface area contributed by atoms with E-state index in [0.29, 0.717) is 5.92 Å². The first-order valence-corrected chi connectivity index (χ1v) is 9.54. The van der Waals surface area contributed by atoms with Crippen molar-refractivity contribution in [3.8, 4) is 11.1 Å². The van der Waals surface area contributed by atoms with Crippen LogP contribution in [0, 0.1) is 5.92 Å². The van der Waals surface area contributed by atoms with Crippen molar-refractivity contribution in [3.63, 3.8) is 0 Å². The molecule has 3 heteroatoms. The Morgan fingerprint density at radius 1 is 1.04 bits per heavy atom. The normalized spacial score (nSPS) is 24.2. The van der Waals surface area contributed by atoms with E-state index in [2.05, 4.69) is 60.5 Å². The van der Waals surface area contributed by atoms with Crippen molar-refractivity contribution in [2.45, 2.75) is 18.4 Å². The first-order valence-electron chi connectivity index (χ1n) is 8.72. The Balaban J connectivity index is 1.77. The largest absolute Gasteiger partial charge is 0.379 e. The summed E-state index contributed by atoms with van der Waals surface area (Å²) in [6.45, 7) is 2.13. The molecule has 2 nitrogen and oxygen atoms in total. The number of aliphatic hydroxyl groups is 1. The van der Waals surface area contributed by atoms with Crippen molar-refractivity contribution in [2.75, 3.05) is 20.1 Å². The lowest BCUT2D eigenvalue weighted by molar-refractivity contribution is -0.00440. The van der Waals surface area contributed by atoms with E-state index in [-0.39, 0.29) is 0 Å². The minimum atomic E-state index is -0.823. The maximum absolute atomic E-state index is 12.0. The van der Waals surface area contributed by atoms with Gasteiger partial charge in [-0.15, -0.1) is 11.3 Å². The molecule has 1 unspecified atom stereocenters. The van der Waals surface area contributed by atoms with Crippen molar-refractivity contribution >= 4 is 21.4 Å². The molecule has 3 aromatic rings. The van der Waals surface area contributed by atoms with Crippen LogP contribution in [-0.2, 0) is 5.60 Å². The third-order valence-corrected chi connectivity index (χ3v) is 7.15. The topological polar surface area (TPSA) is 23.5 Å². The zero-order valence-corrected chi connectivity index (χ0v) is 14.6. The fourth-order valence-electron chi connectivity index (χ4n) is 4.57. The monoisotopic (exact) mass is 335 g/mol. The van der Waals surface area contributed by atoms with Gasteiger partial charge in [0, 0.05) is 15.6 Å². The fraction of sp³-hybridized carbons (Fsp3) is 0.333. The third kappa shape index (κ3) is 1.83. The average Bonchev–Trinajstić information content (AvgIpc) is 3.11. The van der Waals surface area contributed by atoms with Crippen molar-refractivity contribution in [3.05, 3.63) is 59.0 Å². The van der Waals surface area contributed by atoms with Gasteiger partial charge in [0.05, 0.1) is 4.88 Å². The molecule has 2 aliphatic rings. The Bertz CT molecular complexity index is 922. The Morgan fingerprint density at radius 3 is 2.58 bits per heavy atom. The van der Waals surface area contributed by atoms with Crippen LogP contribution in [0.15, 0.2) is 48.5 Å². The summed E-state index contributed by atoms with van der Waals surface area (Å²) >= 11 is 1.78. The van der Waals surface area contributed by atoms with Gasteiger partial charge >= 0.3 is 0 Å². The molecule has 1 aliphatic heterocycles. The first-order chi connectivity index (χ1) is 11.7. The molecule has 122 valence electrons. The molecule has 2 aromatic carbocycles. The van der Waals surface area contributed by atoms with Crippen LogP contribution in [0.1, 0.15) is 23.3 Å². The molecule has 2 heterocycles. The smallest absolute Gasteiger partial charge is 0.128 e. The van der Waals surface area contributed by atoms with E-state index in [4.69, 9.17) is 0 Å². The predicted octanol–water partition coefficient (Wildman–Crippen LogP) is 4.46. The van der Waals surface area contributed by atoms with Crippen molar-refractivity contribution < 1.29 is 5.11 Å². The van der Waals surface area contributed by atoms with Crippen LogP contribution in [0.3, 0.4) is 0 Å². The average molecular weight is 335 g/mol. The SMILES string of the molecule is CN1CCC(C2(O)c3ccccc3-c3c2sc2ccccc32)CC1. The van der Waals surface area contributed by atoms with E-state index < -0.39 is 5.60 Å². The highest BCUT2D eigenvalue weighted by Gasteiger charge is 2.49. The third-order valence-electron chi connectivity index (χ3n) is 5.86. The maximum Gasteiger partial charge on any atom is 0.128 e. The lowest BCUT2D eigenvalue weighted by Crippen LogP contribution is -2.41. The molecule has 0 spiro atoms. The second-order valence-corrected chi connectivity index (χ2v) is 8.24. The quantitative estimate of drug-likeness (QED) is 0.710. The molecule has 1 fully saturated rings. The van der Waals surface area contributed by atoms with Crippen LogP contribution in [0.4, 0.5) is 0 Å². The molecule has 1 saturated heterocycles. The first kappa shape index (κ1) is 14.6. The standard InChI is InChI=1S/C21H21NOS/c1-22-12-10-14(11-13-22)21(23)17-8-4-2-6-15(17)19-16-7-3-5-9-18(16)24-20(19)21/h2-9,14,23H,10-13H2,1H3. The summed E-state index contributed by atoms with van der Waals surface area (Å²) in [5, 5.41) is 13.3. The van der Waals surface area contributed by atoms with E-state index in [1.54, 1.807) is 11.3 Å². The molecule has 1 N–H and O–H groups in total. The van der Waals surface area contributed by atoms with Gasteiger partial charge in [-0.25, -0.2) is 0 Å². The Morgan fingerprint density at radius 2 is 1.75 bits per heavy atom. The van der Waals surface area contributed by atoms with Crippen LogP contribution in [0.2, 0.25) is 0 Å². The number of nitrogens with zero attached hydrogens (tertiary/aromatic N) is 1. The van der Waals surface area contributed by atoms with Crippen LogP contribution in [0.5, 0.6) is 0 Å². The van der Waals surface area contributed by atoms with E-state index in [1.165, 1.54) is 26.1 Å². The number of hydrogen-bond donors (Lipinski definition) is 1. The van der Waals surface area contributed by atoms with Gasteiger partial charge in [0.2, 0.25) is 0 Å². The lowest BCUT2D eigenvalue weighted by Gasteiger charge is -2.39. The number of rotatable bonds is 1. The number of benzene rings is 2. The van der Waals surface area contributed by atoms with Gasteiger partial charge in [-0.3, -0.25) is 0 Å². The second-order valence-electron chi connectivity index (χ2n) is 7.19. The summed E-state index contributed by atoms with van der Waals surface area (Å²) in [7, 11) is 2.17. The number of thiophene rings is 1. The van der Waals surface area contributed by atoms with E-state index >= 15 is 0 Å². The summed E-state index contributed by atoms with van der Waals surface area (Å²) in [6, 6.07) is 17.0. The molecule has 0 radical (unpaired) electrons. The van der Waals surface area contributed by atoms with Crippen molar-refractivity contribution in [1.29, 1.82) is 0 Å². The van der Waals surface area contributed by atoms with Gasteiger partial charge < -0.3 is 10.0 Å². The Hall–Kier alpha value is -1.68. The molecular formula is C21H21NOS. The van der Waals surface area contributed by atoms with Crippen LogP contribution in [-0.4, -0.2) is 30.1 Å². The minimum Gasteiger partial charge on any atom is -0.379 e. The van der Waals surface area contributed by atoms with Crippen LogP contribution in [0.25, 0.3) is 21.2 Å². The van der Waals surface area contributed by atoms with Crippen molar-refractivity contribution in [2.24, 2.45) is 5.92 Å². The summed E-state index contributed by atoms with van der Waals surface area (Å²) < 4.78 is 1.28. The highest BCUT2D eigenvalue weighted by molar-refractivity contribution is 7.20. The van der Waals surface area contributed by atoms with Gasteiger partial charge in [-0.1, -0.05) is 42.5 Å². The molecule has 24 heavy (non-hydrogen) atoms. The summed E-state index contributed by atoms with van der Waals surface area (Å²) in [4.78, 5) is 3.53. The molecule has 1 aromatic heterocycles. The maximum atomic E-state index is 12.0. The molecular weight excluding hydrogens is 314 g/mol. The van der Waals surface area contributed by atoms with E-state index in [1.807, 2.05) is 0 Å². The summed E-state index contributed by atoms with van der Waals surface area (Å²) in [5.41, 5.74) is 2.79. The van der Waals surface area contributed by atoms with Crippen LogP contribution < -0.4 is 0 Å². The predicted molar refractivity (Wildman–Crippen MR) is 100 cm³/mol. The van der Waals surface area contributed by atoms with Crippen LogP contribution >= 0.6 is 11.3 Å². The highest BCUT2D eigenvalue weighted by atomic mass is 32.1. The number of fused-ring (bicyclic) bond motifs is 5. The number of piperidine rings is 1. The van der Waals surface area contributed by atoms with Gasteiger partial charge in [0.15, 0.2) is 0 Å². The zero-order valence-electron chi connectivity index (χ0n) is 13.8. The Kier molecular flexibility index (Phi) is 3.15. The molecule has 0 saturated carbocycles. The number of hydrogen-bond acceptors (Lipinski definition) is 3. The summed E-state index contributed by atoms with van der Waals surface area (Å²) in [6.07, 6.45) is 2.10. The Labute approximate surface area is 146 Å². The number of likely N-dealkylation sites (tertiary alicyclic amines) is 1. The van der Waals surface area contributed by atoms with E-state index in [9.17, 15) is 5.11 Å².